The van der Waals surface area contributed by atoms with Gasteiger partial charge in [-0.05, 0) is 48.6 Å². The van der Waals surface area contributed by atoms with Crippen molar-refractivity contribution < 1.29 is 4.79 Å². The summed E-state index contributed by atoms with van der Waals surface area (Å²) in [6.45, 7) is 1.49. The predicted octanol–water partition coefficient (Wildman–Crippen LogP) is 4.55. The summed E-state index contributed by atoms with van der Waals surface area (Å²) in [7, 11) is 0. The zero-order valence-electron chi connectivity index (χ0n) is 15.9. The highest BCUT2D eigenvalue weighted by atomic mass is 32.1. The number of carbonyl (C=O) groups is 1. The van der Waals surface area contributed by atoms with E-state index in [0.29, 0.717) is 0 Å². The Hall–Kier alpha value is -3.19. The van der Waals surface area contributed by atoms with Crippen molar-refractivity contribution in [2.45, 2.75) is 18.8 Å². The molecule has 0 unspecified atom stereocenters. The maximum absolute atomic E-state index is 12.5. The van der Waals surface area contributed by atoms with Crippen molar-refractivity contribution in [3.05, 3.63) is 76.9 Å². The van der Waals surface area contributed by atoms with Crippen molar-refractivity contribution in [2.75, 3.05) is 18.4 Å². The van der Waals surface area contributed by atoms with Crippen LogP contribution in [-0.4, -0.2) is 38.5 Å². The molecular formula is C22H21N5OS. The third-order valence-electron chi connectivity index (χ3n) is 5.33. The second-order valence-corrected chi connectivity index (χ2v) is 8.04. The molecule has 0 aliphatic carbocycles. The van der Waals surface area contributed by atoms with E-state index in [0.717, 1.165) is 54.3 Å². The van der Waals surface area contributed by atoms with Crippen molar-refractivity contribution >= 4 is 34.3 Å². The molecule has 0 bridgehead atoms. The smallest absolute Gasteiger partial charge is 0.254 e. The van der Waals surface area contributed by atoms with Crippen molar-refractivity contribution in [2.24, 2.45) is 0 Å². The Kier molecular flexibility index (Phi) is 4.73. The topological polar surface area (TPSA) is 62.5 Å². The highest BCUT2D eigenvalue weighted by molar-refractivity contribution is 7.08. The van der Waals surface area contributed by atoms with Gasteiger partial charge in [0.2, 0.25) is 0 Å². The number of para-hydroxylation sites is 1. The van der Waals surface area contributed by atoms with Crippen LogP contribution in [0.2, 0.25) is 0 Å². The normalized spacial score (nSPS) is 15.0. The summed E-state index contributed by atoms with van der Waals surface area (Å²) < 4.78 is 1.84. The number of nitrogens with one attached hydrogen (secondary N) is 1. The van der Waals surface area contributed by atoms with Crippen molar-refractivity contribution in [1.29, 1.82) is 0 Å². The highest BCUT2D eigenvalue weighted by Gasteiger charge is 2.27. The van der Waals surface area contributed by atoms with E-state index in [1.54, 1.807) is 11.3 Å². The number of pyridine rings is 1. The SMILES string of the molecule is O=C(c1ccsc1)N1CCC(c2nc3ccc(Nc4ccccc4)cn3n2)CC1. The largest absolute Gasteiger partial charge is 0.354 e. The molecule has 1 aliphatic rings. The molecule has 4 aromatic rings. The number of carbonyl (C=O) groups excluding carboxylic acids is 1. The Morgan fingerprint density at radius 3 is 2.62 bits per heavy atom. The summed E-state index contributed by atoms with van der Waals surface area (Å²) in [4.78, 5) is 19.2. The first-order valence-electron chi connectivity index (χ1n) is 9.76. The molecule has 0 spiro atoms. The third-order valence-corrected chi connectivity index (χ3v) is 6.01. The molecular weight excluding hydrogens is 382 g/mol. The number of nitrogens with zero attached hydrogens (tertiary/aromatic N) is 4. The van der Waals surface area contributed by atoms with E-state index in [4.69, 9.17) is 10.1 Å². The fourth-order valence-corrected chi connectivity index (χ4v) is 4.37. The molecule has 29 heavy (non-hydrogen) atoms. The van der Waals surface area contributed by atoms with Crippen LogP contribution in [0.1, 0.15) is 34.9 Å². The molecule has 0 radical (unpaired) electrons. The Balaban J connectivity index is 1.28. The Morgan fingerprint density at radius 2 is 1.86 bits per heavy atom. The molecule has 1 amide bonds. The number of thiophene rings is 1. The third kappa shape index (κ3) is 3.73. The molecule has 1 aliphatic heterocycles. The highest BCUT2D eigenvalue weighted by Crippen LogP contribution is 2.27. The van der Waals surface area contributed by atoms with Crippen molar-refractivity contribution in [3.63, 3.8) is 0 Å². The molecule has 146 valence electrons. The quantitative estimate of drug-likeness (QED) is 0.543. The summed E-state index contributed by atoms with van der Waals surface area (Å²) in [5, 5.41) is 12.0. The van der Waals surface area contributed by atoms with Gasteiger partial charge in [-0.25, -0.2) is 9.50 Å². The number of rotatable bonds is 4. The molecule has 6 nitrogen and oxygen atoms in total. The lowest BCUT2D eigenvalue weighted by molar-refractivity contribution is 0.0711. The zero-order chi connectivity index (χ0) is 19.6. The number of hydrogen-bond acceptors (Lipinski definition) is 5. The number of benzene rings is 1. The molecule has 0 saturated carbocycles. The van der Waals surface area contributed by atoms with Crippen LogP contribution in [0, 0.1) is 0 Å². The standard InChI is InChI=1S/C22H21N5OS/c28-22(17-10-13-29-15-17)26-11-8-16(9-12-26)21-24-20-7-6-19(14-27(20)25-21)23-18-4-2-1-3-5-18/h1-7,10,13-16,23H,8-9,11-12H2. The fourth-order valence-electron chi connectivity index (χ4n) is 3.74. The van der Waals surface area contributed by atoms with Gasteiger partial charge in [0.1, 0.15) is 0 Å². The van der Waals surface area contributed by atoms with E-state index < -0.39 is 0 Å². The van der Waals surface area contributed by atoms with Crippen LogP contribution in [0.25, 0.3) is 5.65 Å². The van der Waals surface area contributed by atoms with Gasteiger partial charge in [0, 0.05) is 30.1 Å². The first kappa shape index (κ1) is 17.9. The summed E-state index contributed by atoms with van der Waals surface area (Å²) in [6, 6.07) is 16.0. The lowest BCUT2D eigenvalue weighted by atomic mass is 9.96. The predicted molar refractivity (Wildman–Crippen MR) is 115 cm³/mol. The fraction of sp³-hybridized carbons (Fsp3) is 0.227. The van der Waals surface area contributed by atoms with Gasteiger partial charge in [0.25, 0.3) is 5.91 Å². The molecule has 1 N–H and O–H groups in total. The van der Waals surface area contributed by atoms with E-state index in [2.05, 4.69) is 5.32 Å². The first-order valence-corrected chi connectivity index (χ1v) is 10.7. The lowest BCUT2D eigenvalue weighted by Gasteiger charge is -2.30. The minimum atomic E-state index is 0.129. The molecule has 1 fully saturated rings. The molecule has 5 rings (SSSR count). The maximum Gasteiger partial charge on any atom is 0.254 e. The second-order valence-electron chi connectivity index (χ2n) is 7.26. The molecule has 3 aromatic heterocycles. The van der Waals surface area contributed by atoms with Gasteiger partial charge in [0.15, 0.2) is 11.5 Å². The van der Waals surface area contributed by atoms with E-state index in [-0.39, 0.29) is 11.8 Å². The minimum absolute atomic E-state index is 0.129. The van der Waals surface area contributed by atoms with Crippen LogP contribution in [0.5, 0.6) is 0 Å². The monoisotopic (exact) mass is 403 g/mol. The van der Waals surface area contributed by atoms with Crippen molar-refractivity contribution in [1.82, 2.24) is 19.5 Å². The van der Waals surface area contributed by atoms with Crippen LogP contribution in [-0.2, 0) is 0 Å². The number of hydrogen-bond donors (Lipinski definition) is 1. The van der Waals surface area contributed by atoms with Crippen LogP contribution >= 0.6 is 11.3 Å². The molecule has 1 saturated heterocycles. The summed E-state index contributed by atoms with van der Waals surface area (Å²) in [5.74, 6) is 1.28. The summed E-state index contributed by atoms with van der Waals surface area (Å²) in [6.07, 6.45) is 3.75. The molecule has 1 aromatic carbocycles. The average molecular weight is 404 g/mol. The number of likely N-dealkylation sites (tertiary alicyclic amines) is 1. The summed E-state index contributed by atoms with van der Waals surface area (Å²) >= 11 is 1.56. The van der Waals surface area contributed by atoms with Crippen LogP contribution < -0.4 is 5.32 Å². The first-order chi connectivity index (χ1) is 14.3. The zero-order valence-corrected chi connectivity index (χ0v) is 16.7. The minimum Gasteiger partial charge on any atom is -0.354 e. The van der Waals surface area contributed by atoms with Gasteiger partial charge in [0.05, 0.1) is 17.4 Å². The van der Waals surface area contributed by atoms with Crippen LogP contribution in [0.15, 0.2) is 65.5 Å². The lowest BCUT2D eigenvalue weighted by Crippen LogP contribution is -2.37. The average Bonchev–Trinajstić information content (AvgIpc) is 3.44. The number of anilines is 2. The molecule has 0 atom stereocenters. The van der Waals surface area contributed by atoms with E-state index in [9.17, 15) is 4.79 Å². The Morgan fingerprint density at radius 1 is 1.03 bits per heavy atom. The van der Waals surface area contributed by atoms with Gasteiger partial charge in [-0.2, -0.15) is 16.4 Å². The van der Waals surface area contributed by atoms with Gasteiger partial charge in [-0.3, -0.25) is 4.79 Å². The van der Waals surface area contributed by atoms with E-state index in [1.165, 1.54) is 0 Å². The summed E-state index contributed by atoms with van der Waals surface area (Å²) in [5.41, 5.74) is 3.64. The molecule has 7 heteroatoms. The van der Waals surface area contributed by atoms with Crippen LogP contribution in [0.4, 0.5) is 11.4 Å². The van der Waals surface area contributed by atoms with Gasteiger partial charge in [-0.15, -0.1) is 0 Å². The molecule has 4 heterocycles. The van der Waals surface area contributed by atoms with Gasteiger partial charge >= 0.3 is 0 Å². The van der Waals surface area contributed by atoms with Crippen molar-refractivity contribution in [3.8, 4) is 0 Å². The van der Waals surface area contributed by atoms with Gasteiger partial charge in [-0.1, -0.05) is 18.2 Å². The van der Waals surface area contributed by atoms with Gasteiger partial charge < -0.3 is 10.2 Å². The van der Waals surface area contributed by atoms with E-state index in [1.807, 2.05) is 74.9 Å². The number of aromatic nitrogens is 3. The number of piperidine rings is 1. The van der Waals surface area contributed by atoms with Crippen LogP contribution in [0.3, 0.4) is 0 Å². The number of fused-ring (bicyclic) bond motifs is 1. The Bertz CT molecular complexity index is 1110. The van der Waals surface area contributed by atoms with E-state index >= 15 is 0 Å². The number of amides is 1. The maximum atomic E-state index is 12.5. The second kappa shape index (κ2) is 7.67. The Labute approximate surface area is 172 Å².